The van der Waals surface area contributed by atoms with E-state index in [4.69, 9.17) is 4.74 Å². The second-order valence-corrected chi connectivity index (χ2v) is 6.09. The molecule has 2 amide bonds. The maximum atomic E-state index is 11.8. The topological polar surface area (TPSA) is 73.9 Å². The van der Waals surface area contributed by atoms with Gasteiger partial charge >= 0.3 is 0 Å². The Morgan fingerprint density at radius 1 is 1.05 bits per heavy atom. The van der Waals surface area contributed by atoms with Gasteiger partial charge in [0.15, 0.2) is 0 Å². The molecule has 2 aliphatic rings. The predicted molar refractivity (Wildman–Crippen MR) is 83.5 cm³/mol. The summed E-state index contributed by atoms with van der Waals surface area (Å²) < 4.78 is 4.94. The quantitative estimate of drug-likeness (QED) is 0.536. The molecular formula is C15H28N4O3. The Bertz CT molecular complexity index is 366. The zero-order valence-electron chi connectivity index (χ0n) is 13.5. The van der Waals surface area contributed by atoms with Crippen molar-refractivity contribution >= 4 is 11.8 Å². The van der Waals surface area contributed by atoms with E-state index in [9.17, 15) is 9.59 Å². The van der Waals surface area contributed by atoms with Crippen LogP contribution in [0.15, 0.2) is 0 Å². The number of rotatable bonds is 9. The van der Waals surface area contributed by atoms with Gasteiger partial charge in [0.25, 0.3) is 0 Å². The van der Waals surface area contributed by atoms with Crippen molar-refractivity contribution in [3.8, 4) is 0 Å². The van der Waals surface area contributed by atoms with Crippen LogP contribution in [0, 0.1) is 0 Å². The summed E-state index contributed by atoms with van der Waals surface area (Å²) in [6.45, 7) is 5.60. The highest BCUT2D eigenvalue weighted by atomic mass is 16.5. The van der Waals surface area contributed by atoms with Crippen molar-refractivity contribution in [3.63, 3.8) is 0 Å². The van der Waals surface area contributed by atoms with Gasteiger partial charge in [0.2, 0.25) is 11.8 Å². The molecule has 0 aromatic heterocycles. The molecule has 0 atom stereocenters. The first-order chi connectivity index (χ1) is 10.7. The van der Waals surface area contributed by atoms with E-state index in [2.05, 4.69) is 20.4 Å². The van der Waals surface area contributed by atoms with Crippen LogP contribution in [0.2, 0.25) is 0 Å². The molecule has 0 bridgehead atoms. The second kappa shape index (κ2) is 9.07. The number of ether oxygens (including phenoxy) is 1. The maximum Gasteiger partial charge on any atom is 0.234 e. The summed E-state index contributed by atoms with van der Waals surface area (Å²) in [6, 6.07) is 0.426. The summed E-state index contributed by atoms with van der Waals surface area (Å²) >= 11 is 0. The van der Waals surface area contributed by atoms with Gasteiger partial charge in [0, 0.05) is 52.5 Å². The third-order valence-corrected chi connectivity index (χ3v) is 3.99. The fourth-order valence-corrected chi connectivity index (χ4v) is 2.51. The molecule has 0 spiro atoms. The van der Waals surface area contributed by atoms with Crippen molar-refractivity contribution in [1.82, 2.24) is 20.4 Å². The largest absolute Gasteiger partial charge is 0.385 e. The van der Waals surface area contributed by atoms with Crippen molar-refractivity contribution < 1.29 is 14.3 Å². The van der Waals surface area contributed by atoms with Gasteiger partial charge in [-0.15, -0.1) is 0 Å². The number of hydrogen-bond acceptors (Lipinski definition) is 5. The smallest absolute Gasteiger partial charge is 0.234 e. The van der Waals surface area contributed by atoms with E-state index in [1.54, 1.807) is 7.11 Å². The molecule has 126 valence electrons. The molecule has 22 heavy (non-hydrogen) atoms. The van der Waals surface area contributed by atoms with Crippen molar-refractivity contribution in [2.24, 2.45) is 0 Å². The zero-order valence-corrected chi connectivity index (χ0v) is 13.5. The number of methoxy groups -OCH3 is 1. The van der Waals surface area contributed by atoms with E-state index >= 15 is 0 Å². The van der Waals surface area contributed by atoms with Gasteiger partial charge in [-0.1, -0.05) is 0 Å². The van der Waals surface area contributed by atoms with Crippen LogP contribution in [0.1, 0.15) is 19.3 Å². The Hall–Kier alpha value is -1.18. The lowest BCUT2D eigenvalue weighted by Crippen LogP contribution is -2.51. The first-order valence-electron chi connectivity index (χ1n) is 8.17. The van der Waals surface area contributed by atoms with Gasteiger partial charge in [-0.25, -0.2) is 0 Å². The van der Waals surface area contributed by atoms with Crippen LogP contribution in [-0.2, 0) is 14.3 Å². The Labute approximate surface area is 132 Å². The van der Waals surface area contributed by atoms with Crippen LogP contribution in [0.3, 0.4) is 0 Å². The summed E-state index contributed by atoms with van der Waals surface area (Å²) in [7, 11) is 1.66. The molecule has 0 aromatic rings. The highest BCUT2D eigenvalue weighted by Gasteiger charge is 2.25. The Kier molecular flexibility index (Phi) is 7.08. The van der Waals surface area contributed by atoms with Crippen molar-refractivity contribution in [3.05, 3.63) is 0 Å². The van der Waals surface area contributed by atoms with Gasteiger partial charge in [0.1, 0.15) is 0 Å². The Morgan fingerprint density at radius 3 is 2.18 bits per heavy atom. The monoisotopic (exact) mass is 312 g/mol. The molecule has 2 fully saturated rings. The lowest BCUT2D eigenvalue weighted by molar-refractivity contribution is -0.125. The van der Waals surface area contributed by atoms with E-state index < -0.39 is 0 Å². The Morgan fingerprint density at radius 2 is 1.64 bits per heavy atom. The molecular weight excluding hydrogens is 284 g/mol. The minimum atomic E-state index is 0.0658. The maximum absolute atomic E-state index is 11.8. The van der Waals surface area contributed by atoms with Gasteiger partial charge in [-0.3, -0.25) is 19.4 Å². The van der Waals surface area contributed by atoms with Crippen molar-refractivity contribution in [2.45, 2.75) is 25.3 Å². The molecule has 1 heterocycles. The normalized spacial score (nSPS) is 19.9. The highest BCUT2D eigenvalue weighted by molar-refractivity contribution is 5.79. The average molecular weight is 312 g/mol. The van der Waals surface area contributed by atoms with Gasteiger partial charge < -0.3 is 15.4 Å². The molecule has 1 aliphatic carbocycles. The summed E-state index contributed by atoms with van der Waals surface area (Å²) in [6.07, 6.45) is 3.09. The molecule has 1 saturated heterocycles. The van der Waals surface area contributed by atoms with E-state index in [-0.39, 0.29) is 11.8 Å². The summed E-state index contributed by atoms with van der Waals surface area (Å²) in [5, 5.41) is 5.91. The molecule has 0 aromatic carbocycles. The zero-order chi connectivity index (χ0) is 15.8. The van der Waals surface area contributed by atoms with Crippen LogP contribution in [0.5, 0.6) is 0 Å². The fraction of sp³-hybridized carbons (Fsp3) is 0.867. The van der Waals surface area contributed by atoms with E-state index in [0.717, 1.165) is 45.4 Å². The number of hydrogen-bond donors (Lipinski definition) is 2. The van der Waals surface area contributed by atoms with E-state index in [0.29, 0.717) is 32.3 Å². The minimum Gasteiger partial charge on any atom is -0.385 e. The van der Waals surface area contributed by atoms with Crippen molar-refractivity contribution in [2.75, 3.05) is 59.5 Å². The van der Waals surface area contributed by atoms with E-state index in [1.807, 2.05) is 0 Å². The Balaban J connectivity index is 1.54. The van der Waals surface area contributed by atoms with Crippen LogP contribution < -0.4 is 10.6 Å². The lowest BCUT2D eigenvalue weighted by Gasteiger charge is -2.33. The third kappa shape index (κ3) is 6.72. The number of piperazine rings is 1. The summed E-state index contributed by atoms with van der Waals surface area (Å²) in [5.41, 5.74) is 0. The van der Waals surface area contributed by atoms with Gasteiger partial charge in [0.05, 0.1) is 13.1 Å². The minimum absolute atomic E-state index is 0.0658. The molecule has 0 unspecified atom stereocenters. The summed E-state index contributed by atoms with van der Waals surface area (Å²) in [5.74, 6) is 0.197. The predicted octanol–water partition coefficient (Wildman–Crippen LogP) is -0.965. The highest BCUT2D eigenvalue weighted by Crippen LogP contribution is 2.18. The molecule has 1 aliphatic heterocycles. The molecule has 7 heteroatoms. The molecule has 0 radical (unpaired) electrons. The first kappa shape index (κ1) is 17.2. The van der Waals surface area contributed by atoms with Crippen LogP contribution in [0.4, 0.5) is 0 Å². The standard InChI is InChI=1S/C15H28N4O3/c1-22-10-2-5-16-14(20)11-18-6-8-19(9-7-18)12-15(21)17-13-3-4-13/h13H,2-12H2,1H3,(H,16,20)(H,17,21). The van der Waals surface area contributed by atoms with E-state index in [1.165, 1.54) is 0 Å². The second-order valence-electron chi connectivity index (χ2n) is 6.09. The number of amides is 2. The van der Waals surface area contributed by atoms with Crippen LogP contribution in [0.25, 0.3) is 0 Å². The van der Waals surface area contributed by atoms with Gasteiger partial charge in [-0.2, -0.15) is 0 Å². The van der Waals surface area contributed by atoms with Crippen LogP contribution in [-0.4, -0.2) is 87.2 Å². The number of nitrogens with one attached hydrogen (secondary N) is 2. The van der Waals surface area contributed by atoms with Crippen molar-refractivity contribution in [1.29, 1.82) is 0 Å². The average Bonchev–Trinajstić information content (AvgIpc) is 3.29. The number of carbonyl (C=O) groups excluding carboxylic acids is 2. The number of carbonyl (C=O) groups is 2. The third-order valence-electron chi connectivity index (χ3n) is 3.99. The molecule has 1 saturated carbocycles. The molecule has 7 nitrogen and oxygen atoms in total. The summed E-state index contributed by atoms with van der Waals surface area (Å²) in [4.78, 5) is 27.8. The fourth-order valence-electron chi connectivity index (χ4n) is 2.51. The van der Waals surface area contributed by atoms with Gasteiger partial charge in [-0.05, 0) is 19.3 Å². The lowest BCUT2D eigenvalue weighted by atomic mass is 10.3. The van der Waals surface area contributed by atoms with Crippen LogP contribution >= 0.6 is 0 Å². The molecule has 2 rings (SSSR count). The number of nitrogens with zero attached hydrogens (tertiary/aromatic N) is 2. The molecule has 2 N–H and O–H groups in total. The first-order valence-corrected chi connectivity index (χ1v) is 8.17. The SMILES string of the molecule is COCCCNC(=O)CN1CCN(CC(=O)NC2CC2)CC1.